The summed E-state index contributed by atoms with van der Waals surface area (Å²) in [6.07, 6.45) is 9.94. The number of aryl methyl sites for hydroxylation is 2. The van der Waals surface area contributed by atoms with Gasteiger partial charge in [0, 0.05) is 18.9 Å². The molecule has 1 heterocycles. The molecule has 1 aromatic heterocycles. The molecule has 0 atom stereocenters. The number of hydrogen-bond acceptors (Lipinski definition) is 3. The summed E-state index contributed by atoms with van der Waals surface area (Å²) in [7, 11) is 0. The number of unbranched alkanes of at least 4 members (excludes halogenated alkanes) is 2. The number of nitrogens with zero attached hydrogens (tertiary/aromatic N) is 2. The average molecular weight is 462 g/mol. The van der Waals surface area contributed by atoms with Crippen LogP contribution in [0.15, 0.2) is 42.5 Å². The Morgan fingerprint density at radius 1 is 1.03 bits per heavy atom. The van der Waals surface area contributed by atoms with Gasteiger partial charge in [0.05, 0.1) is 17.6 Å². The molecule has 2 aromatic carbocycles. The number of fused-ring (bicyclic) bond motifs is 1. The fourth-order valence-corrected chi connectivity index (χ4v) is 5.00. The Labute approximate surface area is 203 Å². The van der Waals surface area contributed by atoms with Gasteiger partial charge in [0.25, 0.3) is 0 Å². The van der Waals surface area contributed by atoms with Crippen molar-refractivity contribution in [2.45, 2.75) is 78.2 Å². The van der Waals surface area contributed by atoms with Gasteiger partial charge in [-0.05, 0) is 68.9 Å². The molecule has 0 saturated heterocycles. The largest absolute Gasteiger partial charge is 0.491 e. The van der Waals surface area contributed by atoms with E-state index in [4.69, 9.17) is 9.72 Å². The van der Waals surface area contributed by atoms with Gasteiger partial charge in [-0.15, -0.1) is 0 Å². The monoisotopic (exact) mass is 461 g/mol. The number of carbonyl (C=O) groups excluding carboxylic acids is 1. The molecule has 0 radical (unpaired) electrons. The lowest BCUT2D eigenvalue weighted by Gasteiger charge is -2.20. The Morgan fingerprint density at radius 3 is 2.71 bits per heavy atom. The normalized spacial score (nSPS) is 14.4. The Bertz CT molecular complexity index is 1080. The van der Waals surface area contributed by atoms with E-state index in [-0.39, 0.29) is 11.8 Å². The van der Waals surface area contributed by atoms with E-state index in [9.17, 15) is 4.79 Å². The molecule has 0 unspecified atom stereocenters. The summed E-state index contributed by atoms with van der Waals surface area (Å²) in [6.45, 7) is 6.41. The molecule has 4 rings (SSSR count). The molecule has 1 aliphatic rings. The van der Waals surface area contributed by atoms with Crippen molar-refractivity contribution in [2.75, 3.05) is 13.2 Å². The Kier molecular flexibility index (Phi) is 8.62. The predicted molar refractivity (Wildman–Crippen MR) is 138 cm³/mol. The molecule has 1 saturated carbocycles. The third-order valence-electron chi connectivity index (χ3n) is 7.21. The van der Waals surface area contributed by atoms with E-state index in [1.807, 2.05) is 18.2 Å². The van der Waals surface area contributed by atoms with Crippen LogP contribution in [-0.4, -0.2) is 28.6 Å². The lowest BCUT2D eigenvalue weighted by Crippen LogP contribution is -2.32. The Balaban J connectivity index is 1.27. The van der Waals surface area contributed by atoms with E-state index in [0.29, 0.717) is 6.61 Å². The third kappa shape index (κ3) is 6.19. The number of aromatic nitrogens is 2. The van der Waals surface area contributed by atoms with Gasteiger partial charge in [0.15, 0.2) is 0 Å². The first-order chi connectivity index (χ1) is 16.6. The standard InChI is InChI=1S/C29H39N3O2/c1-22-12-11-17-27(23(22)2)34-21-20-32-26-16-9-8-15-25(26)31-28(32)18-7-4-10-19-30-29(33)24-13-5-3-6-14-24/h8-9,11-12,15-17,24H,3-7,10,13-14,18-21H2,1-2H3,(H,30,33). The first-order valence-electron chi connectivity index (χ1n) is 13.0. The molecule has 1 amide bonds. The van der Waals surface area contributed by atoms with Gasteiger partial charge in [-0.1, -0.05) is 49.9 Å². The molecular formula is C29H39N3O2. The van der Waals surface area contributed by atoms with Crippen LogP contribution in [0.2, 0.25) is 0 Å². The minimum Gasteiger partial charge on any atom is -0.491 e. The summed E-state index contributed by atoms with van der Waals surface area (Å²) >= 11 is 0. The first kappa shape index (κ1) is 24.3. The molecule has 0 spiro atoms. The topological polar surface area (TPSA) is 56.1 Å². The quantitative estimate of drug-likeness (QED) is 0.349. The lowest BCUT2D eigenvalue weighted by atomic mass is 9.89. The van der Waals surface area contributed by atoms with Crippen LogP contribution in [0.1, 0.15) is 68.3 Å². The molecule has 1 aliphatic carbocycles. The molecule has 1 fully saturated rings. The van der Waals surface area contributed by atoms with Crippen molar-refractivity contribution in [1.29, 1.82) is 0 Å². The number of benzene rings is 2. The van der Waals surface area contributed by atoms with Gasteiger partial charge >= 0.3 is 0 Å². The van der Waals surface area contributed by atoms with Gasteiger partial charge in [0.2, 0.25) is 5.91 Å². The molecule has 5 heteroatoms. The minimum atomic E-state index is 0.250. The van der Waals surface area contributed by atoms with E-state index >= 15 is 0 Å². The number of amides is 1. The van der Waals surface area contributed by atoms with Crippen molar-refractivity contribution < 1.29 is 9.53 Å². The number of para-hydroxylation sites is 2. The molecule has 34 heavy (non-hydrogen) atoms. The highest BCUT2D eigenvalue weighted by molar-refractivity contribution is 5.78. The van der Waals surface area contributed by atoms with Crippen LogP contribution in [0.5, 0.6) is 5.75 Å². The van der Waals surface area contributed by atoms with Crippen LogP contribution < -0.4 is 10.1 Å². The van der Waals surface area contributed by atoms with Gasteiger partial charge in [-0.2, -0.15) is 0 Å². The third-order valence-corrected chi connectivity index (χ3v) is 7.21. The molecular weight excluding hydrogens is 422 g/mol. The van der Waals surface area contributed by atoms with Crippen molar-refractivity contribution in [3.05, 3.63) is 59.4 Å². The van der Waals surface area contributed by atoms with E-state index in [1.165, 1.54) is 35.9 Å². The smallest absolute Gasteiger partial charge is 0.223 e. The van der Waals surface area contributed by atoms with E-state index in [1.54, 1.807) is 0 Å². The van der Waals surface area contributed by atoms with E-state index < -0.39 is 0 Å². The number of ether oxygens (including phenoxy) is 1. The minimum absolute atomic E-state index is 0.250. The maximum absolute atomic E-state index is 12.3. The molecule has 5 nitrogen and oxygen atoms in total. The second-order valence-electron chi connectivity index (χ2n) is 9.65. The van der Waals surface area contributed by atoms with E-state index in [2.05, 4.69) is 48.0 Å². The van der Waals surface area contributed by atoms with Crippen LogP contribution in [0.4, 0.5) is 0 Å². The highest BCUT2D eigenvalue weighted by atomic mass is 16.5. The number of imidazole rings is 1. The summed E-state index contributed by atoms with van der Waals surface area (Å²) in [6, 6.07) is 14.6. The number of rotatable bonds is 11. The van der Waals surface area contributed by atoms with Crippen LogP contribution >= 0.6 is 0 Å². The summed E-state index contributed by atoms with van der Waals surface area (Å²) in [5.74, 6) is 2.60. The lowest BCUT2D eigenvalue weighted by molar-refractivity contribution is -0.125. The zero-order valence-electron chi connectivity index (χ0n) is 20.8. The highest BCUT2D eigenvalue weighted by Crippen LogP contribution is 2.24. The maximum Gasteiger partial charge on any atom is 0.223 e. The number of carbonyl (C=O) groups is 1. The molecule has 0 bridgehead atoms. The Hall–Kier alpha value is -2.82. The number of hydrogen-bond donors (Lipinski definition) is 1. The molecule has 0 aliphatic heterocycles. The number of nitrogens with one attached hydrogen (secondary N) is 1. The van der Waals surface area contributed by atoms with Crippen LogP contribution in [0, 0.1) is 19.8 Å². The Morgan fingerprint density at radius 2 is 1.85 bits per heavy atom. The fraction of sp³-hybridized carbons (Fsp3) is 0.517. The van der Waals surface area contributed by atoms with Crippen molar-refractivity contribution in [3.63, 3.8) is 0 Å². The van der Waals surface area contributed by atoms with Gasteiger partial charge in [-0.3, -0.25) is 4.79 Å². The summed E-state index contributed by atoms with van der Waals surface area (Å²) < 4.78 is 8.45. The highest BCUT2D eigenvalue weighted by Gasteiger charge is 2.20. The van der Waals surface area contributed by atoms with Gasteiger partial charge in [0.1, 0.15) is 18.2 Å². The van der Waals surface area contributed by atoms with Gasteiger partial charge < -0.3 is 14.6 Å². The van der Waals surface area contributed by atoms with Crippen molar-refractivity contribution in [1.82, 2.24) is 14.9 Å². The zero-order chi connectivity index (χ0) is 23.8. The second kappa shape index (κ2) is 12.0. The first-order valence-corrected chi connectivity index (χ1v) is 13.0. The van der Waals surface area contributed by atoms with Crippen molar-refractivity contribution in [3.8, 4) is 5.75 Å². The van der Waals surface area contributed by atoms with Crippen molar-refractivity contribution >= 4 is 16.9 Å². The second-order valence-corrected chi connectivity index (χ2v) is 9.65. The van der Waals surface area contributed by atoms with Crippen LogP contribution in [-0.2, 0) is 17.8 Å². The molecule has 3 aromatic rings. The van der Waals surface area contributed by atoms with Gasteiger partial charge in [-0.25, -0.2) is 4.98 Å². The maximum atomic E-state index is 12.3. The summed E-state index contributed by atoms with van der Waals surface area (Å²) in [5, 5.41) is 3.16. The van der Waals surface area contributed by atoms with Crippen molar-refractivity contribution in [2.24, 2.45) is 5.92 Å². The zero-order valence-corrected chi connectivity index (χ0v) is 20.8. The van der Waals surface area contributed by atoms with Crippen LogP contribution in [0.25, 0.3) is 11.0 Å². The van der Waals surface area contributed by atoms with Crippen LogP contribution in [0.3, 0.4) is 0 Å². The predicted octanol–water partition coefficient (Wildman–Crippen LogP) is 6.14. The van der Waals surface area contributed by atoms with E-state index in [0.717, 1.165) is 68.7 Å². The summed E-state index contributed by atoms with van der Waals surface area (Å²) in [4.78, 5) is 17.2. The molecule has 182 valence electrons. The molecule has 1 N–H and O–H groups in total. The summed E-state index contributed by atoms with van der Waals surface area (Å²) in [5.41, 5.74) is 4.67. The fourth-order valence-electron chi connectivity index (χ4n) is 5.00. The average Bonchev–Trinajstić information content (AvgIpc) is 3.21. The SMILES string of the molecule is Cc1cccc(OCCn2c(CCCCCNC(=O)C3CCCCC3)nc3ccccc32)c1C.